The Morgan fingerprint density at radius 2 is 2.14 bits per heavy atom. The average molecular weight is 314 g/mol. The van der Waals surface area contributed by atoms with Gasteiger partial charge in [0, 0.05) is 16.9 Å². The van der Waals surface area contributed by atoms with Crippen LogP contribution in [0.25, 0.3) is 0 Å². The van der Waals surface area contributed by atoms with E-state index in [1.54, 1.807) is 0 Å². The number of rotatable bonds is 4. The summed E-state index contributed by atoms with van der Waals surface area (Å²) in [6.45, 7) is 2.14. The number of nitrogens with zero attached hydrogens (tertiary/aromatic N) is 1. The van der Waals surface area contributed by atoms with E-state index in [1.807, 2.05) is 43.3 Å². The normalized spacial score (nSPS) is 12.7. The Morgan fingerprint density at radius 1 is 1.36 bits per heavy atom. The van der Waals surface area contributed by atoms with Crippen molar-refractivity contribution in [2.45, 2.75) is 18.6 Å². The highest BCUT2D eigenvalue weighted by Crippen LogP contribution is 2.29. The van der Waals surface area contributed by atoms with Crippen molar-refractivity contribution in [2.24, 2.45) is 0 Å². The van der Waals surface area contributed by atoms with Crippen molar-refractivity contribution >= 4 is 29.3 Å². The number of nitrogens with one attached hydrogen (secondary N) is 1. The highest BCUT2D eigenvalue weighted by atomic mass is 32.2. The summed E-state index contributed by atoms with van der Waals surface area (Å²) < 4.78 is 5.03. The molecule has 1 aromatic heterocycles. The average Bonchev–Trinajstić information content (AvgIpc) is 2.87. The van der Waals surface area contributed by atoms with Gasteiger partial charge in [0.2, 0.25) is 5.91 Å². The third kappa shape index (κ3) is 3.12. The van der Waals surface area contributed by atoms with Crippen LogP contribution in [-0.2, 0) is 16.1 Å². The lowest BCUT2D eigenvalue weighted by molar-refractivity contribution is -0.113. The number of aryl methyl sites for hydroxylation is 1. The number of cyclic esters (lactones) is 1. The van der Waals surface area contributed by atoms with E-state index < -0.39 is 0 Å². The molecule has 1 N–H and O–H groups in total. The molecule has 22 heavy (non-hydrogen) atoms. The molecule has 5 nitrogen and oxygen atoms in total. The van der Waals surface area contributed by atoms with Gasteiger partial charge in [-0.15, -0.1) is 0 Å². The number of hydrogen-bond donors (Lipinski definition) is 1. The first-order chi connectivity index (χ1) is 10.6. The second-order valence-electron chi connectivity index (χ2n) is 4.88. The van der Waals surface area contributed by atoms with E-state index in [9.17, 15) is 9.59 Å². The molecule has 0 saturated carbocycles. The number of esters is 1. The lowest BCUT2D eigenvalue weighted by Gasteiger charge is -2.07. The van der Waals surface area contributed by atoms with Crippen molar-refractivity contribution in [1.82, 2.24) is 4.98 Å². The van der Waals surface area contributed by atoms with Crippen LogP contribution < -0.4 is 5.32 Å². The monoisotopic (exact) mass is 314 g/mol. The molecule has 2 heterocycles. The van der Waals surface area contributed by atoms with E-state index in [2.05, 4.69) is 10.3 Å². The molecule has 112 valence electrons. The van der Waals surface area contributed by atoms with Crippen LogP contribution in [0.4, 0.5) is 5.69 Å². The van der Waals surface area contributed by atoms with Gasteiger partial charge in [-0.3, -0.25) is 4.79 Å². The molecule has 0 fully saturated rings. The van der Waals surface area contributed by atoms with E-state index in [1.165, 1.54) is 11.8 Å². The summed E-state index contributed by atoms with van der Waals surface area (Å²) in [7, 11) is 0. The highest BCUT2D eigenvalue weighted by molar-refractivity contribution is 8.00. The third-order valence-corrected chi connectivity index (χ3v) is 4.13. The Hall–Kier alpha value is -2.34. The van der Waals surface area contributed by atoms with Gasteiger partial charge in [-0.25, -0.2) is 9.78 Å². The number of amides is 1. The van der Waals surface area contributed by atoms with Crippen LogP contribution in [0.1, 0.15) is 21.6 Å². The second kappa shape index (κ2) is 6.19. The number of benzene rings is 1. The molecule has 3 rings (SSSR count). The van der Waals surface area contributed by atoms with Crippen molar-refractivity contribution in [1.29, 1.82) is 0 Å². The van der Waals surface area contributed by atoms with E-state index in [4.69, 9.17) is 4.74 Å². The quantitative estimate of drug-likeness (QED) is 0.694. The van der Waals surface area contributed by atoms with Crippen LogP contribution in [0.5, 0.6) is 0 Å². The summed E-state index contributed by atoms with van der Waals surface area (Å²) in [4.78, 5) is 28.1. The maximum atomic E-state index is 12.0. The fraction of sp³-hybridized carbons (Fsp3) is 0.188. The van der Waals surface area contributed by atoms with Gasteiger partial charge < -0.3 is 10.1 Å². The van der Waals surface area contributed by atoms with Gasteiger partial charge in [0.25, 0.3) is 0 Å². The molecule has 1 aromatic carbocycles. The molecule has 1 amide bonds. The fourth-order valence-corrected chi connectivity index (χ4v) is 3.12. The number of carbonyl (C=O) groups is 2. The maximum Gasteiger partial charge on any atom is 0.341 e. The molecular weight excluding hydrogens is 300 g/mol. The molecule has 0 bridgehead atoms. The first-order valence-electron chi connectivity index (χ1n) is 6.79. The smallest absolute Gasteiger partial charge is 0.341 e. The molecule has 0 saturated heterocycles. The van der Waals surface area contributed by atoms with Crippen LogP contribution in [0.3, 0.4) is 0 Å². The Bertz CT molecular complexity index is 732. The van der Waals surface area contributed by atoms with Gasteiger partial charge in [-0.2, -0.15) is 0 Å². The zero-order valence-electron chi connectivity index (χ0n) is 12.0. The van der Waals surface area contributed by atoms with E-state index >= 15 is 0 Å². The summed E-state index contributed by atoms with van der Waals surface area (Å²) in [5.74, 6) is -0.321. The third-order valence-electron chi connectivity index (χ3n) is 3.16. The number of fused-ring (bicyclic) bond motifs is 1. The zero-order valence-corrected chi connectivity index (χ0v) is 12.8. The van der Waals surface area contributed by atoms with Crippen LogP contribution in [-0.4, -0.2) is 22.6 Å². The summed E-state index contributed by atoms with van der Waals surface area (Å²) >= 11 is 1.25. The fourth-order valence-electron chi connectivity index (χ4n) is 2.21. The van der Waals surface area contributed by atoms with Gasteiger partial charge >= 0.3 is 5.97 Å². The van der Waals surface area contributed by atoms with Gasteiger partial charge in [0.1, 0.15) is 11.6 Å². The van der Waals surface area contributed by atoms with Crippen molar-refractivity contribution < 1.29 is 14.3 Å². The SMILES string of the molecule is Cc1cc2c(c(SCC(=O)Nc3ccccc3)n1)C(=O)OC2. The number of anilines is 1. The molecule has 0 atom stereocenters. The molecule has 0 aliphatic carbocycles. The zero-order chi connectivity index (χ0) is 15.5. The van der Waals surface area contributed by atoms with Gasteiger partial charge in [0.15, 0.2) is 0 Å². The molecule has 6 heteroatoms. The minimum absolute atomic E-state index is 0.139. The first kappa shape index (κ1) is 14.6. The maximum absolute atomic E-state index is 12.0. The Kier molecular flexibility index (Phi) is 4.11. The predicted octanol–water partition coefficient (Wildman–Crippen LogP) is 2.79. The summed E-state index contributed by atoms with van der Waals surface area (Å²) in [6, 6.07) is 11.1. The minimum atomic E-state index is -0.367. The summed E-state index contributed by atoms with van der Waals surface area (Å²) in [5.41, 5.74) is 2.88. The molecule has 1 aliphatic heterocycles. The number of thioether (sulfide) groups is 1. The summed E-state index contributed by atoms with van der Waals surface area (Å²) in [6.07, 6.45) is 0. The molecule has 0 unspecified atom stereocenters. The van der Waals surface area contributed by atoms with Crippen LogP contribution >= 0.6 is 11.8 Å². The topological polar surface area (TPSA) is 68.3 Å². The number of aromatic nitrogens is 1. The highest BCUT2D eigenvalue weighted by Gasteiger charge is 2.26. The van der Waals surface area contributed by atoms with E-state index in [0.29, 0.717) is 10.6 Å². The van der Waals surface area contributed by atoms with E-state index in [0.717, 1.165) is 16.9 Å². The predicted molar refractivity (Wildman–Crippen MR) is 83.9 cm³/mol. The molecule has 1 aliphatic rings. The molecule has 0 spiro atoms. The van der Waals surface area contributed by atoms with Gasteiger partial charge in [0.05, 0.1) is 11.3 Å². The van der Waals surface area contributed by atoms with Crippen molar-refractivity contribution in [3.05, 3.63) is 53.2 Å². The Labute approximate surface area is 132 Å². The standard InChI is InChI=1S/C16H14N2O3S/c1-10-7-11-8-21-16(20)14(11)15(17-10)22-9-13(19)18-12-5-3-2-4-6-12/h2-7H,8-9H2,1H3,(H,18,19). The number of ether oxygens (including phenoxy) is 1. The number of para-hydroxylation sites is 1. The van der Waals surface area contributed by atoms with Crippen molar-refractivity contribution in [3.63, 3.8) is 0 Å². The number of pyridine rings is 1. The largest absolute Gasteiger partial charge is 0.457 e. The Morgan fingerprint density at radius 3 is 2.91 bits per heavy atom. The van der Waals surface area contributed by atoms with Crippen LogP contribution in [0.15, 0.2) is 41.4 Å². The van der Waals surface area contributed by atoms with Crippen molar-refractivity contribution in [3.8, 4) is 0 Å². The van der Waals surface area contributed by atoms with Crippen LogP contribution in [0.2, 0.25) is 0 Å². The Balaban J connectivity index is 1.69. The summed E-state index contributed by atoms with van der Waals surface area (Å²) in [5, 5.41) is 3.36. The van der Waals surface area contributed by atoms with Crippen LogP contribution in [0, 0.1) is 6.92 Å². The second-order valence-corrected chi connectivity index (χ2v) is 5.85. The number of hydrogen-bond acceptors (Lipinski definition) is 5. The lowest BCUT2D eigenvalue weighted by atomic mass is 10.1. The minimum Gasteiger partial charge on any atom is -0.457 e. The molecule has 0 radical (unpaired) electrons. The van der Waals surface area contributed by atoms with Crippen molar-refractivity contribution in [2.75, 3.05) is 11.1 Å². The first-order valence-corrected chi connectivity index (χ1v) is 7.77. The molecule has 2 aromatic rings. The lowest BCUT2D eigenvalue weighted by Crippen LogP contribution is -2.14. The molecular formula is C16H14N2O3S. The van der Waals surface area contributed by atoms with Gasteiger partial charge in [-0.1, -0.05) is 30.0 Å². The van der Waals surface area contributed by atoms with Gasteiger partial charge in [-0.05, 0) is 25.1 Å². The van der Waals surface area contributed by atoms with E-state index in [-0.39, 0.29) is 24.2 Å². The number of carbonyl (C=O) groups excluding carboxylic acids is 2.